The van der Waals surface area contributed by atoms with E-state index in [0.29, 0.717) is 11.2 Å². The molecule has 4 aromatic heterocycles. The van der Waals surface area contributed by atoms with E-state index in [1.54, 1.807) is 0 Å². The standard InChI is InChI=1S/C21H24N10O10P2/c22-17-15-18(25-6-24-17)30(7-26-15)13-3-10-9(38-13)1-2-42(33,34)40-11-4-14(39-12(11)5-37-43(35,36)41-10)31-8-27-16-19(31)28-21(23)29-20(16)32/h1,6-8,10-14H,2-5H2,(H,33,34)(H,35,36)(H2,22,24,25)(H3,23,28,29,32)/b9-1+/t10-,11-,12+,13+,14+/m0/s1. The van der Waals surface area contributed by atoms with E-state index in [9.17, 15) is 23.7 Å². The molecule has 0 bridgehead atoms. The summed E-state index contributed by atoms with van der Waals surface area (Å²) in [5.41, 5.74) is 11.8. The summed E-state index contributed by atoms with van der Waals surface area (Å²) in [6, 6.07) is 0. The molecule has 7 atom stereocenters. The minimum atomic E-state index is -4.73. The molecule has 3 aliphatic rings. The van der Waals surface area contributed by atoms with E-state index in [-0.39, 0.29) is 41.5 Å². The minimum Gasteiger partial charge on any atom is -0.472 e. The first-order chi connectivity index (χ1) is 20.5. The number of fused-ring (bicyclic) bond motifs is 4. The van der Waals surface area contributed by atoms with E-state index in [2.05, 4.69) is 29.9 Å². The molecule has 0 radical (unpaired) electrons. The molecule has 7 heterocycles. The number of phosphoric ester groups is 1. The van der Waals surface area contributed by atoms with Crippen LogP contribution in [0.2, 0.25) is 0 Å². The van der Waals surface area contributed by atoms with Crippen LogP contribution in [0.1, 0.15) is 25.3 Å². The number of hydrogen-bond acceptors (Lipinski definition) is 15. The molecule has 43 heavy (non-hydrogen) atoms. The minimum absolute atomic E-state index is 0.000703. The number of aromatic amines is 1. The van der Waals surface area contributed by atoms with Crippen LogP contribution < -0.4 is 17.0 Å². The monoisotopic (exact) mass is 638 g/mol. The van der Waals surface area contributed by atoms with Gasteiger partial charge in [0, 0.05) is 12.8 Å². The fourth-order valence-electron chi connectivity index (χ4n) is 5.21. The predicted octanol–water partition coefficient (Wildman–Crippen LogP) is 0.301. The summed E-state index contributed by atoms with van der Waals surface area (Å²) < 4.78 is 57.4. The second-order valence-electron chi connectivity index (χ2n) is 9.96. The molecule has 2 unspecified atom stereocenters. The summed E-state index contributed by atoms with van der Waals surface area (Å²) in [7, 11) is -9.07. The number of imidazole rings is 2. The Bertz CT molecular complexity index is 1930. The number of aromatic nitrogens is 8. The van der Waals surface area contributed by atoms with Gasteiger partial charge in [-0.1, -0.05) is 0 Å². The zero-order valence-corrected chi connectivity index (χ0v) is 23.7. The van der Waals surface area contributed by atoms with Crippen LogP contribution in [0.25, 0.3) is 22.3 Å². The maximum Gasteiger partial charge on any atom is 0.472 e. The molecule has 0 aliphatic carbocycles. The summed E-state index contributed by atoms with van der Waals surface area (Å²) >= 11 is 0. The number of allylic oxidation sites excluding steroid dienone is 1. The first kappa shape index (κ1) is 28.1. The molecule has 2 saturated heterocycles. The number of hydrogen-bond donors (Lipinski definition) is 5. The first-order valence-corrected chi connectivity index (χ1v) is 16.1. The van der Waals surface area contributed by atoms with Crippen LogP contribution in [0.15, 0.2) is 35.6 Å². The number of nitrogen functional groups attached to an aromatic ring is 2. The molecule has 7 N–H and O–H groups in total. The molecule has 3 aliphatic heterocycles. The predicted molar refractivity (Wildman–Crippen MR) is 144 cm³/mol. The van der Waals surface area contributed by atoms with E-state index in [4.69, 9.17) is 34.5 Å². The summed E-state index contributed by atoms with van der Waals surface area (Å²) in [4.78, 5) is 56.3. The van der Waals surface area contributed by atoms with Crippen molar-refractivity contribution in [3.05, 3.63) is 41.2 Å². The maximum absolute atomic E-state index is 13.2. The molecule has 20 nitrogen and oxygen atoms in total. The second-order valence-corrected chi connectivity index (χ2v) is 13.2. The zero-order valence-electron chi connectivity index (χ0n) is 21.9. The van der Waals surface area contributed by atoms with Crippen molar-refractivity contribution in [2.45, 2.75) is 43.6 Å². The highest BCUT2D eigenvalue weighted by Crippen LogP contribution is 2.53. The quantitative estimate of drug-likeness (QED) is 0.185. The third-order valence-electron chi connectivity index (χ3n) is 7.13. The number of rotatable bonds is 2. The van der Waals surface area contributed by atoms with Gasteiger partial charge < -0.3 is 35.3 Å². The van der Waals surface area contributed by atoms with Gasteiger partial charge in [-0.25, -0.2) is 24.5 Å². The van der Waals surface area contributed by atoms with E-state index in [1.165, 1.54) is 34.2 Å². The number of phosphoric acid groups is 1. The molecular formula is C21H24N10O10P2. The van der Waals surface area contributed by atoms with Gasteiger partial charge in [-0.05, 0) is 6.08 Å². The Balaban J connectivity index is 1.16. The number of nitrogens with one attached hydrogen (secondary N) is 1. The van der Waals surface area contributed by atoms with E-state index >= 15 is 0 Å². The molecule has 228 valence electrons. The van der Waals surface area contributed by atoms with Gasteiger partial charge in [0.2, 0.25) is 5.95 Å². The van der Waals surface area contributed by atoms with Gasteiger partial charge in [0.25, 0.3) is 5.56 Å². The van der Waals surface area contributed by atoms with E-state index in [1.807, 2.05) is 0 Å². The van der Waals surface area contributed by atoms with Crippen molar-refractivity contribution in [1.29, 1.82) is 0 Å². The fraction of sp³-hybridized carbons (Fsp3) is 0.429. The maximum atomic E-state index is 13.2. The number of nitrogens with two attached hydrogens (primary N) is 2. The highest BCUT2D eigenvalue weighted by atomic mass is 31.2. The molecule has 0 saturated carbocycles. The molecule has 22 heteroatoms. The van der Waals surface area contributed by atoms with Crippen molar-refractivity contribution in [2.75, 3.05) is 24.2 Å². The number of H-pyrrole nitrogens is 1. The van der Waals surface area contributed by atoms with Crippen molar-refractivity contribution >= 4 is 49.5 Å². The van der Waals surface area contributed by atoms with Crippen molar-refractivity contribution < 1.29 is 42.0 Å². The van der Waals surface area contributed by atoms with Gasteiger partial charge in [0.15, 0.2) is 28.9 Å². The lowest BCUT2D eigenvalue weighted by atomic mass is 10.2. The molecular weight excluding hydrogens is 614 g/mol. The number of ether oxygens (including phenoxy) is 2. The molecule has 4 aromatic rings. The van der Waals surface area contributed by atoms with Gasteiger partial charge in [0.05, 0.1) is 25.2 Å². The number of anilines is 2. The molecule has 0 amide bonds. The zero-order chi connectivity index (χ0) is 30.1. The van der Waals surface area contributed by atoms with Gasteiger partial charge in [0.1, 0.15) is 42.4 Å². The highest BCUT2D eigenvalue weighted by Gasteiger charge is 2.45. The normalized spacial score (nSPS) is 34.6. The molecule has 0 spiro atoms. The van der Waals surface area contributed by atoms with Crippen molar-refractivity contribution in [3.63, 3.8) is 0 Å². The highest BCUT2D eigenvalue weighted by molar-refractivity contribution is 7.53. The lowest BCUT2D eigenvalue weighted by Crippen LogP contribution is -2.29. The molecule has 2 fully saturated rings. The Morgan fingerprint density at radius 3 is 2.53 bits per heavy atom. The van der Waals surface area contributed by atoms with Crippen LogP contribution >= 0.6 is 15.4 Å². The van der Waals surface area contributed by atoms with Crippen LogP contribution in [0, 0.1) is 0 Å². The van der Waals surface area contributed by atoms with Crippen LogP contribution in [-0.4, -0.2) is 79.9 Å². The van der Waals surface area contributed by atoms with Gasteiger partial charge >= 0.3 is 15.4 Å². The number of nitrogens with zero attached hydrogens (tertiary/aromatic N) is 7. The van der Waals surface area contributed by atoms with E-state index < -0.39 is 64.5 Å². The second kappa shape index (κ2) is 10.2. The first-order valence-electron chi connectivity index (χ1n) is 12.8. The van der Waals surface area contributed by atoms with Crippen LogP contribution in [-0.2, 0) is 32.2 Å². The Morgan fingerprint density at radius 1 is 0.953 bits per heavy atom. The summed E-state index contributed by atoms with van der Waals surface area (Å²) in [5, 5.41) is 0. The summed E-state index contributed by atoms with van der Waals surface area (Å²) in [6.07, 6.45) is -0.327. The Kier molecular flexibility index (Phi) is 6.64. The van der Waals surface area contributed by atoms with Crippen molar-refractivity contribution in [3.8, 4) is 0 Å². The third-order valence-corrected chi connectivity index (χ3v) is 9.37. The van der Waals surface area contributed by atoms with Gasteiger partial charge in [-0.3, -0.25) is 32.5 Å². The average Bonchev–Trinajstić information content (AvgIpc) is 3.71. The third kappa shape index (κ3) is 5.21. The lowest BCUT2D eigenvalue weighted by Gasteiger charge is -2.24. The summed E-state index contributed by atoms with van der Waals surface area (Å²) in [5.74, 6) is 0.0184. The molecule has 0 aromatic carbocycles. The van der Waals surface area contributed by atoms with Crippen LogP contribution in [0.5, 0.6) is 0 Å². The molecule has 7 rings (SSSR count). The fourth-order valence-corrected chi connectivity index (χ4v) is 7.26. The lowest BCUT2D eigenvalue weighted by molar-refractivity contribution is -0.0423. The largest absolute Gasteiger partial charge is 0.472 e. The van der Waals surface area contributed by atoms with E-state index in [0.717, 1.165) is 0 Å². The van der Waals surface area contributed by atoms with Crippen molar-refractivity contribution in [2.24, 2.45) is 0 Å². The SMILES string of the molecule is Nc1nc2c(ncn2[C@H]2C[C@@H]3OP(=O)(O)C/C=C4/O[C@@H](n5cnc6c(N)ncnc65)C[C@@H]4OP(=O)(O)OC[C@H]3O2)c(=O)[nH]1. The Labute approximate surface area is 239 Å². The average molecular weight is 638 g/mol. The van der Waals surface area contributed by atoms with Crippen LogP contribution in [0.4, 0.5) is 11.8 Å². The van der Waals surface area contributed by atoms with Crippen LogP contribution in [0.3, 0.4) is 0 Å². The van der Waals surface area contributed by atoms with Gasteiger partial charge in [-0.15, -0.1) is 0 Å². The summed E-state index contributed by atoms with van der Waals surface area (Å²) in [6.45, 7) is -0.546. The smallest absolute Gasteiger partial charge is 0.472 e. The van der Waals surface area contributed by atoms with Crippen molar-refractivity contribution in [1.82, 2.24) is 39.0 Å². The Hall–Kier alpha value is -3.74. The Morgan fingerprint density at radius 2 is 1.72 bits per heavy atom. The topological polar surface area (TPSA) is 280 Å². The van der Waals surface area contributed by atoms with Gasteiger partial charge in [-0.2, -0.15) is 4.98 Å².